The Labute approximate surface area is 113 Å². The summed E-state index contributed by atoms with van der Waals surface area (Å²) in [4.78, 5) is 14.2. The normalized spacial score (nSPS) is 33.8. The second-order valence-corrected chi connectivity index (χ2v) is 6.57. The minimum atomic E-state index is -4.15. The van der Waals surface area contributed by atoms with Crippen LogP contribution in [-0.2, 0) is 4.79 Å². The van der Waals surface area contributed by atoms with Crippen molar-refractivity contribution in [2.45, 2.75) is 43.1 Å². The predicted octanol–water partition coefficient (Wildman–Crippen LogP) is 3.35. The van der Waals surface area contributed by atoms with E-state index in [-0.39, 0.29) is 18.7 Å². The number of halogens is 4. The molecule has 1 aliphatic carbocycles. The number of amides is 1. The Morgan fingerprint density at radius 2 is 1.94 bits per heavy atom. The first-order valence-electron chi connectivity index (χ1n) is 6.37. The maximum Gasteiger partial charge on any atom is 0.391 e. The molecule has 1 amide bonds. The van der Waals surface area contributed by atoms with Gasteiger partial charge in [-0.25, -0.2) is 0 Å². The van der Waals surface area contributed by atoms with Crippen LogP contribution < -0.4 is 0 Å². The zero-order valence-electron chi connectivity index (χ0n) is 10.0. The number of rotatable bonds is 1. The van der Waals surface area contributed by atoms with E-state index in [4.69, 9.17) is 0 Å². The summed E-state index contributed by atoms with van der Waals surface area (Å²) in [7, 11) is 0. The third-order valence-electron chi connectivity index (χ3n) is 3.93. The largest absolute Gasteiger partial charge is 0.391 e. The molecule has 2 nitrogen and oxygen atoms in total. The standard InChI is InChI=1S/C12H17BrF3NO/c13-10-4-5-17(7-10)11(18)8-2-1-3-9(6-8)12(14,15)16/h8-10H,1-7H2. The van der Waals surface area contributed by atoms with E-state index in [2.05, 4.69) is 15.9 Å². The fourth-order valence-corrected chi connectivity index (χ4v) is 3.44. The van der Waals surface area contributed by atoms with Crippen LogP contribution in [0.15, 0.2) is 0 Å². The van der Waals surface area contributed by atoms with Gasteiger partial charge in [0.25, 0.3) is 0 Å². The van der Waals surface area contributed by atoms with Gasteiger partial charge in [-0.1, -0.05) is 22.4 Å². The quantitative estimate of drug-likeness (QED) is 0.676. The Morgan fingerprint density at radius 3 is 2.50 bits per heavy atom. The predicted molar refractivity (Wildman–Crippen MR) is 65.4 cm³/mol. The van der Waals surface area contributed by atoms with Crippen molar-refractivity contribution < 1.29 is 18.0 Å². The highest BCUT2D eigenvalue weighted by Crippen LogP contribution is 2.40. The first-order chi connectivity index (χ1) is 8.38. The van der Waals surface area contributed by atoms with Gasteiger partial charge in [-0.3, -0.25) is 4.79 Å². The number of alkyl halides is 4. The Morgan fingerprint density at radius 1 is 1.22 bits per heavy atom. The van der Waals surface area contributed by atoms with Crippen LogP contribution in [0.4, 0.5) is 13.2 Å². The number of nitrogens with zero attached hydrogens (tertiary/aromatic N) is 1. The Bertz CT molecular complexity index is 321. The van der Waals surface area contributed by atoms with Gasteiger partial charge in [0.2, 0.25) is 5.91 Å². The van der Waals surface area contributed by atoms with E-state index in [1.807, 2.05) is 0 Å². The average Bonchev–Trinajstić information content (AvgIpc) is 2.74. The SMILES string of the molecule is O=C(C1CCCC(C(F)(F)F)C1)N1CCC(Br)C1. The molecule has 104 valence electrons. The van der Waals surface area contributed by atoms with Gasteiger partial charge in [0.1, 0.15) is 0 Å². The molecule has 18 heavy (non-hydrogen) atoms. The monoisotopic (exact) mass is 327 g/mol. The van der Waals surface area contributed by atoms with Crippen molar-refractivity contribution in [3.8, 4) is 0 Å². The van der Waals surface area contributed by atoms with Crippen molar-refractivity contribution in [3.63, 3.8) is 0 Å². The average molecular weight is 328 g/mol. The van der Waals surface area contributed by atoms with Crippen LogP contribution in [0, 0.1) is 11.8 Å². The van der Waals surface area contributed by atoms with E-state index in [1.54, 1.807) is 4.90 Å². The molecule has 0 bridgehead atoms. The minimum absolute atomic E-state index is 0.0220. The van der Waals surface area contributed by atoms with Gasteiger partial charge in [-0.15, -0.1) is 0 Å². The summed E-state index contributed by atoms with van der Waals surface area (Å²) in [6.45, 7) is 1.30. The highest BCUT2D eigenvalue weighted by atomic mass is 79.9. The van der Waals surface area contributed by atoms with Crippen molar-refractivity contribution in [2.24, 2.45) is 11.8 Å². The molecule has 0 aromatic heterocycles. The molecule has 0 aromatic rings. The van der Waals surface area contributed by atoms with Crippen LogP contribution in [0.3, 0.4) is 0 Å². The van der Waals surface area contributed by atoms with E-state index >= 15 is 0 Å². The zero-order chi connectivity index (χ0) is 13.3. The highest BCUT2D eigenvalue weighted by Gasteiger charge is 2.44. The fraction of sp³-hybridized carbons (Fsp3) is 0.917. The molecule has 0 N–H and O–H groups in total. The molecule has 2 fully saturated rings. The van der Waals surface area contributed by atoms with Crippen LogP contribution in [0.1, 0.15) is 32.1 Å². The smallest absolute Gasteiger partial charge is 0.341 e. The van der Waals surface area contributed by atoms with Crippen molar-refractivity contribution in [1.29, 1.82) is 0 Å². The molecule has 0 aromatic carbocycles. The first-order valence-corrected chi connectivity index (χ1v) is 7.29. The van der Waals surface area contributed by atoms with E-state index in [0.717, 1.165) is 6.42 Å². The summed E-state index contributed by atoms with van der Waals surface area (Å²) in [6.07, 6.45) is -2.00. The Kier molecular flexibility index (Phi) is 4.24. The molecule has 0 spiro atoms. The van der Waals surface area contributed by atoms with Gasteiger partial charge >= 0.3 is 6.18 Å². The number of hydrogen-bond donors (Lipinski definition) is 0. The van der Waals surface area contributed by atoms with Crippen molar-refractivity contribution in [1.82, 2.24) is 4.90 Å². The van der Waals surface area contributed by atoms with Gasteiger partial charge in [0.05, 0.1) is 5.92 Å². The molecule has 2 rings (SSSR count). The fourth-order valence-electron chi connectivity index (χ4n) is 2.89. The topological polar surface area (TPSA) is 20.3 Å². The Balaban J connectivity index is 1.94. The number of carbonyl (C=O) groups excluding carboxylic acids is 1. The third-order valence-corrected chi connectivity index (χ3v) is 4.68. The summed E-state index contributed by atoms with van der Waals surface area (Å²) in [5.41, 5.74) is 0. The Hall–Kier alpha value is -0.260. The summed E-state index contributed by atoms with van der Waals surface area (Å²) >= 11 is 3.44. The third kappa shape index (κ3) is 3.19. The van der Waals surface area contributed by atoms with Crippen molar-refractivity contribution in [2.75, 3.05) is 13.1 Å². The second-order valence-electron chi connectivity index (χ2n) is 5.27. The molecular formula is C12H17BrF3NO. The van der Waals surface area contributed by atoms with Crippen LogP contribution in [-0.4, -0.2) is 34.9 Å². The van der Waals surface area contributed by atoms with Gasteiger partial charge in [-0.2, -0.15) is 13.2 Å². The lowest BCUT2D eigenvalue weighted by Crippen LogP contribution is -2.39. The van der Waals surface area contributed by atoms with Crippen molar-refractivity contribution >= 4 is 21.8 Å². The maximum absolute atomic E-state index is 12.7. The van der Waals surface area contributed by atoms with Crippen LogP contribution >= 0.6 is 15.9 Å². The molecule has 0 radical (unpaired) electrons. The lowest BCUT2D eigenvalue weighted by molar-refractivity contribution is -0.187. The molecule has 6 heteroatoms. The molecule has 3 atom stereocenters. The second kappa shape index (κ2) is 5.39. The number of hydrogen-bond acceptors (Lipinski definition) is 1. The summed E-state index contributed by atoms with van der Waals surface area (Å²) < 4.78 is 38.1. The zero-order valence-corrected chi connectivity index (χ0v) is 11.6. The lowest BCUT2D eigenvalue weighted by atomic mass is 9.80. The first kappa shape index (κ1) is 14.2. The van der Waals surface area contributed by atoms with E-state index in [9.17, 15) is 18.0 Å². The van der Waals surface area contributed by atoms with Crippen LogP contribution in [0.2, 0.25) is 0 Å². The van der Waals surface area contributed by atoms with Gasteiger partial charge in [-0.05, 0) is 25.7 Å². The minimum Gasteiger partial charge on any atom is -0.341 e. The van der Waals surface area contributed by atoms with Gasteiger partial charge < -0.3 is 4.90 Å². The van der Waals surface area contributed by atoms with Gasteiger partial charge in [0.15, 0.2) is 0 Å². The molecule has 1 saturated carbocycles. The van der Waals surface area contributed by atoms with Gasteiger partial charge in [0, 0.05) is 23.8 Å². The van der Waals surface area contributed by atoms with Crippen LogP contribution in [0.5, 0.6) is 0 Å². The lowest BCUT2D eigenvalue weighted by Gasteiger charge is -2.32. The van der Waals surface area contributed by atoms with Crippen molar-refractivity contribution in [3.05, 3.63) is 0 Å². The molecule has 1 aliphatic heterocycles. The molecule has 2 aliphatic rings. The van der Waals surface area contributed by atoms with E-state index in [0.29, 0.717) is 30.8 Å². The molecule has 3 unspecified atom stereocenters. The highest BCUT2D eigenvalue weighted by molar-refractivity contribution is 9.09. The molecule has 1 saturated heterocycles. The van der Waals surface area contributed by atoms with E-state index < -0.39 is 18.0 Å². The maximum atomic E-state index is 12.7. The number of carbonyl (C=O) groups is 1. The molecule has 1 heterocycles. The summed E-state index contributed by atoms with van der Waals surface area (Å²) in [5.74, 6) is -1.79. The number of likely N-dealkylation sites (tertiary alicyclic amines) is 1. The van der Waals surface area contributed by atoms with E-state index in [1.165, 1.54) is 0 Å². The summed E-state index contributed by atoms with van der Waals surface area (Å²) in [5, 5.41) is 0. The van der Waals surface area contributed by atoms with Crippen LogP contribution in [0.25, 0.3) is 0 Å². The molecular weight excluding hydrogens is 311 g/mol. The summed E-state index contributed by atoms with van der Waals surface area (Å²) in [6, 6.07) is 0.